The summed E-state index contributed by atoms with van der Waals surface area (Å²) in [4.78, 5) is 44.8. The van der Waals surface area contributed by atoms with Crippen molar-refractivity contribution in [3.05, 3.63) is 49.6 Å². The number of hydrogen-bond donors (Lipinski definition) is 0. The normalized spacial score (nSPS) is 15.9. The zero-order valence-electron chi connectivity index (χ0n) is 17.9. The first-order valence-corrected chi connectivity index (χ1v) is 10.5. The van der Waals surface area contributed by atoms with E-state index in [1.54, 1.807) is 14.0 Å². The van der Waals surface area contributed by atoms with E-state index < -0.39 is 23.8 Å². The number of esters is 1. The lowest BCUT2D eigenvalue weighted by atomic mass is 10.1. The number of carbonyl (C=O) groups excluding carboxylic acids is 1. The Morgan fingerprint density at radius 2 is 2.03 bits per heavy atom. The van der Waals surface area contributed by atoms with E-state index in [0.29, 0.717) is 24.1 Å². The highest BCUT2D eigenvalue weighted by Crippen LogP contribution is 2.36. The second kappa shape index (κ2) is 7.88. The monoisotopic (exact) mass is 445 g/mol. The average Bonchev–Trinajstić information content (AvgIpc) is 3.11. The van der Waals surface area contributed by atoms with E-state index in [1.165, 1.54) is 4.57 Å². The molecular weight excluding hydrogens is 422 g/mol. The average molecular weight is 446 g/mol. The van der Waals surface area contributed by atoms with Crippen molar-refractivity contribution < 1.29 is 9.53 Å². The van der Waals surface area contributed by atoms with Crippen LogP contribution in [-0.4, -0.2) is 37.8 Å². The van der Waals surface area contributed by atoms with Gasteiger partial charge in [0.1, 0.15) is 6.54 Å². The van der Waals surface area contributed by atoms with Crippen LogP contribution in [0.4, 0.5) is 11.6 Å². The molecule has 3 heterocycles. The Morgan fingerprint density at radius 1 is 1.29 bits per heavy atom. The number of ether oxygens (including phenoxy) is 1. The molecule has 0 radical (unpaired) electrons. The third kappa shape index (κ3) is 3.42. The fourth-order valence-corrected chi connectivity index (χ4v) is 4.24. The number of anilines is 2. The zero-order chi connectivity index (χ0) is 22.4. The van der Waals surface area contributed by atoms with E-state index in [1.807, 2.05) is 34.6 Å². The van der Waals surface area contributed by atoms with Crippen molar-refractivity contribution in [1.82, 2.24) is 18.7 Å². The van der Waals surface area contributed by atoms with E-state index in [0.717, 1.165) is 15.8 Å². The number of fused-ring (bicyclic) bond motifs is 3. The van der Waals surface area contributed by atoms with Crippen molar-refractivity contribution in [3.63, 3.8) is 0 Å². The Hall–Kier alpha value is -3.07. The van der Waals surface area contributed by atoms with Gasteiger partial charge in [-0.1, -0.05) is 24.6 Å². The number of hydrogen-bond acceptors (Lipinski definition) is 6. The van der Waals surface area contributed by atoms with Gasteiger partial charge in [0.15, 0.2) is 11.2 Å². The minimum atomic E-state index is -0.635. The van der Waals surface area contributed by atoms with Crippen molar-refractivity contribution in [2.75, 3.05) is 18.1 Å². The number of nitrogens with zero attached hydrogens (tertiary/aromatic N) is 5. The first-order chi connectivity index (χ1) is 14.7. The van der Waals surface area contributed by atoms with Crippen molar-refractivity contribution in [2.45, 2.75) is 33.9 Å². The van der Waals surface area contributed by atoms with E-state index in [2.05, 4.69) is 11.9 Å². The molecule has 10 heteroatoms. The van der Waals surface area contributed by atoms with Gasteiger partial charge in [0.05, 0.1) is 6.61 Å². The third-order valence-corrected chi connectivity index (χ3v) is 5.97. The molecule has 1 atom stereocenters. The second-order valence-electron chi connectivity index (χ2n) is 7.83. The fourth-order valence-electron chi connectivity index (χ4n) is 4.07. The minimum Gasteiger partial charge on any atom is -0.465 e. The molecule has 0 aliphatic carbocycles. The van der Waals surface area contributed by atoms with Crippen LogP contribution in [0.2, 0.25) is 5.02 Å². The topological polar surface area (TPSA) is 91.4 Å². The summed E-state index contributed by atoms with van der Waals surface area (Å²) in [5.41, 5.74) is 1.21. The third-order valence-electron chi connectivity index (χ3n) is 5.56. The quantitative estimate of drug-likeness (QED) is 0.572. The zero-order valence-corrected chi connectivity index (χ0v) is 18.6. The largest absolute Gasteiger partial charge is 0.465 e. The molecule has 9 nitrogen and oxygen atoms in total. The van der Waals surface area contributed by atoms with Crippen molar-refractivity contribution in [3.8, 4) is 0 Å². The highest BCUT2D eigenvalue weighted by Gasteiger charge is 2.31. The maximum Gasteiger partial charge on any atom is 0.333 e. The Bertz CT molecular complexity index is 1310. The molecule has 31 heavy (non-hydrogen) atoms. The van der Waals surface area contributed by atoms with Gasteiger partial charge in [-0.2, -0.15) is 4.98 Å². The van der Waals surface area contributed by atoms with Gasteiger partial charge in [-0.15, -0.1) is 0 Å². The van der Waals surface area contributed by atoms with Crippen LogP contribution in [-0.2, 0) is 29.7 Å². The first-order valence-electron chi connectivity index (χ1n) is 10.1. The number of benzene rings is 1. The van der Waals surface area contributed by atoms with Crippen LogP contribution in [0.1, 0.15) is 19.4 Å². The smallest absolute Gasteiger partial charge is 0.333 e. The fraction of sp³-hybridized carbons (Fsp3) is 0.429. The van der Waals surface area contributed by atoms with Crippen LogP contribution < -0.4 is 16.1 Å². The molecule has 0 spiro atoms. The summed E-state index contributed by atoms with van der Waals surface area (Å²) in [6.45, 7) is 6.67. The maximum atomic E-state index is 13.3. The SMILES string of the molecule is CCOC(=O)Cn1c(=O)c2c(nc3n2C[C@H](C)CN3c2cccc(Cl)c2C)n(C)c1=O. The lowest BCUT2D eigenvalue weighted by Gasteiger charge is -2.34. The summed E-state index contributed by atoms with van der Waals surface area (Å²) >= 11 is 6.34. The molecule has 0 saturated carbocycles. The van der Waals surface area contributed by atoms with Crippen LogP contribution in [0, 0.1) is 12.8 Å². The summed E-state index contributed by atoms with van der Waals surface area (Å²) in [6.07, 6.45) is 0. The molecule has 2 aromatic heterocycles. The summed E-state index contributed by atoms with van der Waals surface area (Å²) in [6, 6.07) is 5.66. The van der Waals surface area contributed by atoms with Gasteiger partial charge in [-0.25, -0.2) is 9.36 Å². The number of aryl methyl sites for hydroxylation is 1. The standard InChI is InChI=1S/C21H24ClN5O4/c1-5-31-16(28)11-27-19(29)17-18(24(4)21(27)30)23-20-25(9-12(2)10-26(17)20)15-8-6-7-14(22)13(15)3/h6-8,12H,5,9-11H2,1-4H3/t12-/m1/s1. The summed E-state index contributed by atoms with van der Waals surface area (Å²) in [7, 11) is 1.54. The molecule has 0 bridgehead atoms. The molecule has 0 N–H and O–H groups in total. The number of rotatable bonds is 4. The van der Waals surface area contributed by atoms with Gasteiger partial charge < -0.3 is 14.2 Å². The molecule has 0 amide bonds. The second-order valence-corrected chi connectivity index (χ2v) is 8.24. The molecule has 3 aromatic rings. The van der Waals surface area contributed by atoms with E-state index in [4.69, 9.17) is 16.3 Å². The van der Waals surface area contributed by atoms with Crippen LogP contribution >= 0.6 is 11.6 Å². The van der Waals surface area contributed by atoms with Gasteiger partial charge in [-0.3, -0.25) is 14.2 Å². The Labute approximate surface area is 183 Å². The van der Waals surface area contributed by atoms with Gasteiger partial charge in [0, 0.05) is 30.8 Å². The highest BCUT2D eigenvalue weighted by molar-refractivity contribution is 6.31. The van der Waals surface area contributed by atoms with Crippen molar-refractivity contribution in [1.29, 1.82) is 0 Å². The van der Waals surface area contributed by atoms with Gasteiger partial charge in [0.2, 0.25) is 5.95 Å². The predicted octanol–water partition coefficient (Wildman–Crippen LogP) is 2.21. The molecule has 1 aromatic carbocycles. The first kappa shape index (κ1) is 21.2. The molecule has 164 valence electrons. The molecule has 1 aliphatic heterocycles. The lowest BCUT2D eigenvalue weighted by Crippen LogP contribution is -2.42. The molecule has 0 unspecified atom stereocenters. The van der Waals surface area contributed by atoms with E-state index in [-0.39, 0.29) is 23.7 Å². The molecule has 0 saturated heterocycles. The van der Waals surface area contributed by atoms with Crippen LogP contribution in [0.5, 0.6) is 0 Å². The summed E-state index contributed by atoms with van der Waals surface area (Å²) in [5.74, 6) is 0.141. The number of carbonyl (C=O) groups is 1. The van der Waals surface area contributed by atoms with Gasteiger partial charge in [-0.05, 0) is 37.5 Å². The predicted molar refractivity (Wildman–Crippen MR) is 118 cm³/mol. The van der Waals surface area contributed by atoms with Crippen LogP contribution in [0.25, 0.3) is 11.2 Å². The summed E-state index contributed by atoms with van der Waals surface area (Å²) in [5, 5.41) is 0.641. The van der Waals surface area contributed by atoms with E-state index in [9.17, 15) is 14.4 Å². The van der Waals surface area contributed by atoms with Crippen molar-refractivity contribution >= 4 is 40.4 Å². The van der Waals surface area contributed by atoms with Gasteiger partial charge in [0.25, 0.3) is 5.56 Å². The molecule has 4 rings (SSSR count). The molecule has 0 fully saturated rings. The molecule has 1 aliphatic rings. The maximum absolute atomic E-state index is 13.3. The minimum absolute atomic E-state index is 0.170. The Morgan fingerprint density at radius 3 is 2.74 bits per heavy atom. The Balaban J connectivity index is 1.96. The Kier molecular flexibility index (Phi) is 5.38. The van der Waals surface area contributed by atoms with E-state index >= 15 is 0 Å². The van der Waals surface area contributed by atoms with Crippen LogP contribution in [0.15, 0.2) is 27.8 Å². The lowest BCUT2D eigenvalue weighted by molar-refractivity contribution is -0.143. The number of halogens is 1. The highest BCUT2D eigenvalue weighted by atomic mass is 35.5. The van der Waals surface area contributed by atoms with Crippen molar-refractivity contribution in [2.24, 2.45) is 13.0 Å². The van der Waals surface area contributed by atoms with Gasteiger partial charge >= 0.3 is 11.7 Å². The molecular formula is C21H24ClN5O4. The summed E-state index contributed by atoms with van der Waals surface area (Å²) < 4.78 is 8.96. The van der Waals surface area contributed by atoms with Crippen LogP contribution in [0.3, 0.4) is 0 Å². The number of imidazole rings is 1. The number of aromatic nitrogens is 4.